The fraction of sp³-hybridized carbons (Fsp3) is 0.150. The van der Waals surface area contributed by atoms with E-state index in [1.165, 1.54) is 17.0 Å². The molecule has 0 spiro atoms. The number of hydrogen-bond acceptors (Lipinski definition) is 2. The van der Waals surface area contributed by atoms with E-state index in [2.05, 4.69) is 0 Å². The van der Waals surface area contributed by atoms with Crippen LogP contribution in [0.4, 0.5) is 15.8 Å². The lowest BCUT2D eigenvalue weighted by molar-refractivity contribution is 0.0989. The number of halogens is 1. The molecule has 0 bridgehead atoms. The highest BCUT2D eigenvalue weighted by Crippen LogP contribution is 2.32. The van der Waals surface area contributed by atoms with Crippen molar-refractivity contribution in [3.05, 3.63) is 72.0 Å². The SMILES string of the molecule is CN(C)c1cccc2c(N(C)C(=O)c3ccccc3F)cccc12. The molecule has 0 atom stereocenters. The van der Waals surface area contributed by atoms with Gasteiger partial charge in [-0.3, -0.25) is 4.79 Å². The number of hydrogen-bond donors (Lipinski definition) is 0. The third kappa shape index (κ3) is 2.71. The Morgan fingerprint density at radius 2 is 1.38 bits per heavy atom. The molecule has 3 aromatic carbocycles. The Kier molecular flexibility index (Phi) is 4.21. The smallest absolute Gasteiger partial charge is 0.261 e. The van der Waals surface area contributed by atoms with Crippen molar-refractivity contribution >= 4 is 28.1 Å². The molecule has 0 aliphatic rings. The third-order valence-electron chi connectivity index (χ3n) is 4.13. The fourth-order valence-corrected chi connectivity index (χ4v) is 2.88. The van der Waals surface area contributed by atoms with Crippen LogP contribution in [0, 0.1) is 5.82 Å². The van der Waals surface area contributed by atoms with Gasteiger partial charge in [0.1, 0.15) is 5.82 Å². The van der Waals surface area contributed by atoms with Crippen molar-refractivity contribution in [1.82, 2.24) is 0 Å². The molecule has 3 nitrogen and oxygen atoms in total. The van der Waals surface area contributed by atoms with Gasteiger partial charge in [0, 0.05) is 37.6 Å². The van der Waals surface area contributed by atoms with Crippen LogP contribution in [0.3, 0.4) is 0 Å². The van der Waals surface area contributed by atoms with Gasteiger partial charge >= 0.3 is 0 Å². The van der Waals surface area contributed by atoms with E-state index < -0.39 is 5.82 Å². The Labute approximate surface area is 140 Å². The average molecular weight is 322 g/mol. The quantitative estimate of drug-likeness (QED) is 0.717. The van der Waals surface area contributed by atoms with E-state index in [1.54, 1.807) is 19.2 Å². The number of carbonyl (C=O) groups excluding carboxylic acids is 1. The zero-order valence-corrected chi connectivity index (χ0v) is 14.0. The Morgan fingerprint density at radius 1 is 0.792 bits per heavy atom. The lowest BCUT2D eigenvalue weighted by atomic mass is 10.0. The first kappa shape index (κ1) is 16.0. The molecule has 3 rings (SSSR count). The molecular formula is C20H19FN2O. The Morgan fingerprint density at radius 3 is 2.00 bits per heavy atom. The first-order valence-corrected chi connectivity index (χ1v) is 7.72. The number of anilines is 2. The van der Waals surface area contributed by atoms with Crippen molar-refractivity contribution in [3.8, 4) is 0 Å². The summed E-state index contributed by atoms with van der Waals surface area (Å²) in [7, 11) is 5.64. The highest BCUT2D eigenvalue weighted by Gasteiger charge is 2.19. The van der Waals surface area contributed by atoms with E-state index in [0.29, 0.717) is 0 Å². The van der Waals surface area contributed by atoms with Crippen molar-refractivity contribution in [2.45, 2.75) is 0 Å². The predicted octanol–water partition coefficient (Wildman–Crippen LogP) is 4.32. The van der Waals surface area contributed by atoms with Gasteiger partial charge in [0.25, 0.3) is 5.91 Å². The molecule has 0 aliphatic carbocycles. The summed E-state index contributed by atoms with van der Waals surface area (Å²) < 4.78 is 13.9. The normalized spacial score (nSPS) is 10.7. The first-order valence-electron chi connectivity index (χ1n) is 7.72. The maximum absolute atomic E-state index is 13.9. The maximum atomic E-state index is 13.9. The molecule has 0 radical (unpaired) electrons. The van der Waals surface area contributed by atoms with Crippen LogP contribution in [-0.2, 0) is 0 Å². The van der Waals surface area contributed by atoms with Gasteiger partial charge in [-0.2, -0.15) is 0 Å². The minimum Gasteiger partial charge on any atom is -0.377 e. The van der Waals surface area contributed by atoms with Crippen molar-refractivity contribution in [2.75, 3.05) is 30.9 Å². The number of rotatable bonds is 3. The summed E-state index contributed by atoms with van der Waals surface area (Å²) in [6.45, 7) is 0. The second kappa shape index (κ2) is 6.32. The van der Waals surface area contributed by atoms with E-state index in [4.69, 9.17) is 0 Å². The molecule has 0 saturated carbocycles. The topological polar surface area (TPSA) is 23.6 Å². The second-order valence-corrected chi connectivity index (χ2v) is 5.89. The first-order chi connectivity index (χ1) is 11.5. The summed E-state index contributed by atoms with van der Waals surface area (Å²) in [4.78, 5) is 16.2. The van der Waals surface area contributed by atoms with Crippen molar-refractivity contribution in [2.24, 2.45) is 0 Å². The number of fused-ring (bicyclic) bond motifs is 1. The van der Waals surface area contributed by atoms with E-state index in [9.17, 15) is 9.18 Å². The minimum atomic E-state index is -0.511. The van der Waals surface area contributed by atoms with Gasteiger partial charge in [-0.25, -0.2) is 4.39 Å². The molecule has 0 heterocycles. The van der Waals surface area contributed by atoms with Crippen molar-refractivity contribution < 1.29 is 9.18 Å². The maximum Gasteiger partial charge on any atom is 0.261 e. The van der Waals surface area contributed by atoms with Crippen LogP contribution >= 0.6 is 0 Å². The summed E-state index contributed by atoms with van der Waals surface area (Å²) in [6.07, 6.45) is 0. The standard InChI is InChI=1S/C20H19FN2O/c1-22(2)18-12-6-10-15-14(18)9-7-13-19(15)23(3)20(24)16-8-4-5-11-17(16)21/h4-13H,1-3H3. The highest BCUT2D eigenvalue weighted by atomic mass is 19.1. The fourth-order valence-electron chi connectivity index (χ4n) is 2.88. The summed E-state index contributed by atoms with van der Waals surface area (Å²) in [5, 5.41) is 2.00. The van der Waals surface area contributed by atoms with Gasteiger partial charge in [-0.05, 0) is 24.3 Å². The van der Waals surface area contributed by atoms with Crippen molar-refractivity contribution in [1.29, 1.82) is 0 Å². The van der Waals surface area contributed by atoms with E-state index in [-0.39, 0.29) is 11.5 Å². The second-order valence-electron chi connectivity index (χ2n) is 5.89. The zero-order chi connectivity index (χ0) is 17.3. The summed E-state index contributed by atoms with van der Waals surface area (Å²) in [5.74, 6) is -0.876. The molecule has 24 heavy (non-hydrogen) atoms. The molecule has 1 amide bonds. The number of nitrogens with zero attached hydrogens (tertiary/aromatic N) is 2. The summed E-state index contributed by atoms with van der Waals surface area (Å²) >= 11 is 0. The summed E-state index contributed by atoms with van der Waals surface area (Å²) in [5.41, 5.74) is 1.89. The van der Waals surface area contributed by atoms with Gasteiger partial charge in [-0.15, -0.1) is 0 Å². The van der Waals surface area contributed by atoms with Crippen LogP contribution in [0.1, 0.15) is 10.4 Å². The molecule has 0 aliphatic heterocycles. The Bertz CT molecular complexity index is 905. The van der Waals surface area contributed by atoms with Gasteiger partial charge in [0.05, 0.1) is 11.3 Å². The molecule has 0 fully saturated rings. The van der Waals surface area contributed by atoms with Crippen LogP contribution in [0.5, 0.6) is 0 Å². The van der Waals surface area contributed by atoms with E-state index in [0.717, 1.165) is 22.1 Å². The van der Waals surface area contributed by atoms with Gasteiger partial charge in [0.2, 0.25) is 0 Å². The van der Waals surface area contributed by atoms with Crippen molar-refractivity contribution in [3.63, 3.8) is 0 Å². The van der Waals surface area contributed by atoms with E-state index in [1.807, 2.05) is 55.4 Å². The average Bonchev–Trinajstić information content (AvgIpc) is 2.59. The molecule has 0 aromatic heterocycles. The lowest BCUT2D eigenvalue weighted by Crippen LogP contribution is -2.27. The van der Waals surface area contributed by atoms with Crippen LogP contribution in [-0.4, -0.2) is 27.1 Å². The third-order valence-corrected chi connectivity index (χ3v) is 4.13. The van der Waals surface area contributed by atoms with Crippen LogP contribution < -0.4 is 9.80 Å². The number of benzene rings is 3. The minimum absolute atomic E-state index is 0.0702. The Hall–Kier alpha value is -2.88. The molecule has 0 N–H and O–H groups in total. The molecule has 3 aromatic rings. The number of amides is 1. The monoisotopic (exact) mass is 322 g/mol. The predicted molar refractivity (Wildman–Crippen MR) is 97.4 cm³/mol. The molecule has 0 unspecified atom stereocenters. The van der Waals surface area contributed by atoms with Gasteiger partial charge in [-0.1, -0.05) is 36.4 Å². The highest BCUT2D eigenvalue weighted by molar-refractivity contribution is 6.12. The number of carbonyl (C=O) groups is 1. The molecule has 4 heteroatoms. The van der Waals surface area contributed by atoms with Crippen LogP contribution in [0.15, 0.2) is 60.7 Å². The molecule has 122 valence electrons. The molecule has 0 saturated heterocycles. The van der Waals surface area contributed by atoms with Gasteiger partial charge in [0.15, 0.2) is 0 Å². The van der Waals surface area contributed by atoms with E-state index >= 15 is 0 Å². The zero-order valence-electron chi connectivity index (χ0n) is 14.0. The Balaban J connectivity index is 2.11. The largest absolute Gasteiger partial charge is 0.377 e. The van der Waals surface area contributed by atoms with Gasteiger partial charge < -0.3 is 9.80 Å². The summed E-state index contributed by atoms with van der Waals surface area (Å²) in [6, 6.07) is 17.8. The molecular weight excluding hydrogens is 303 g/mol. The van der Waals surface area contributed by atoms with Crippen LogP contribution in [0.25, 0.3) is 10.8 Å². The lowest BCUT2D eigenvalue weighted by Gasteiger charge is -2.22. The van der Waals surface area contributed by atoms with Crippen LogP contribution in [0.2, 0.25) is 0 Å².